The second-order valence-corrected chi connectivity index (χ2v) is 7.16. The van der Waals surface area contributed by atoms with Crippen LogP contribution in [0.2, 0.25) is 0 Å². The predicted molar refractivity (Wildman–Crippen MR) is 100 cm³/mol. The molecule has 0 spiro atoms. The fourth-order valence-corrected chi connectivity index (χ4v) is 3.22. The molecule has 0 saturated carbocycles. The number of anilines is 1. The van der Waals surface area contributed by atoms with Gasteiger partial charge in [-0.1, -0.05) is 13.0 Å². The van der Waals surface area contributed by atoms with Gasteiger partial charge in [-0.15, -0.1) is 5.10 Å². The summed E-state index contributed by atoms with van der Waals surface area (Å²) in [6.45, 7) is 9.29. The number of aromatic nitrogens is 4. The number of aryl methyl sites for hydroxylation is 1. The molecule has 1 aliphatic heterocycles. The zero-order chi connectivity index (χ0) is 18.5. The van der Waals surface area contributed by atoms with Crippen LogP contribution in [0.5, 0.6) is 0 Å². The highest BCUT2D eigenvalue weighted by atomic mass is 16.2. The molecule has 0 radical (unpaired) electrons. The van der Waals surface area contributed by atoms with E-state index in [1.54, 1.807) is 4.68 Å². The number of amides is 2. The quantitative estimate of drug-likeness (QED) is 0.857. The molecule has 0 aliphatic carbocycles. The molecule has 1 aromatic heterocycles. The van der Waals surface area contributed by atoms with Crippen molar-refractivity contribution in [3.8, 4) is 5.69 Å². The van der Waals surface area contributed by atoms with Gasteiger partial charge in [-0.2, -0.15) is 0 Å². The number of carbonyl (C=O) groups excluding carboxylic acids is 1. The first-order chi connectivity index (χ1) is 12.5. The minimum absolute atomic E-state index is 0.200. The summed E-state index contributed by atoms with van der Waals surface area (Å²) < 4.78 is 1.58. The van der Waals surface area contributed by atoms with E-state index >= 15 is 0 Å². The molecule has 1 aliphatic rings. The van der Waals surface area contributed by atoms with Crippen molar-refractivity contribution in [2.75, 3.05) is 25.0 Å². The van der Waals surface area contributed by atoms with Gasteiger partial charge in [-0.25, -0.2) is 9.48 Å². The molecular formula is C18H27N7O. The lowest BCUT2D eigenvalue weighted by Gasteiger charge is -2.34. The first-order valence-corrected chi connectivity index (χ1v) is 9.16. The Bertz CT molecular complexity index is 723. The standard InChI is InChI=1S/C18H27N7O/c1-13-6-8-24(9-7-13)15(3)11-19-18(26)21-16-5-4-14(2)17(10-16)25-12-20-22-23-25/h4-5,10,12-13,15H,6-9,11H2,1-3H3,(H2,19,21,26). The number of piperidine rings is 1. The number of likely N-dealkylation sites (tertiary alicyclic amines) is 1. The monoisotopic (exact) mass is 357 g/mol. The molecule has 1 fully saturated rings. The van der Waals surface area contributed by atoms with Crippen molar-refractivity contribution in [1.82, 2.24) is 30.4 Å². The molecule has 1 saturated heterocycles. The summed E-state index contributed by atoms with van der Waals surface area (Å²) in [6, 6.07) is 5.81. The number of urea groups is 1. The average Bonchev–Trinajstić information content (AvgIpc) is 3.16. The minimum atomic E-state index is -0.200. The van der Waals surface area contributed by atoms with E-state index in [0.29, 0.717) is 18.3 Å². The molecule has 26 heavy (non-hydrogen) atoms. The number of hydrogen-bond donors (Lipinski definition) is 2. The van der Waals surface area contributed by atoms with Crippen molar-refractivity contribution in [1.29, 1.82) is 0 Å². The van der Waals surface area contributed by atoms with Crippen molar-refractivity contribution in [3.05, 3.63) is 30.1 Å². The maximum Gasteiger partial charge on any atom is 0.319 e. The van der Waals surface area contributed by atoms with Crippen molar-refractivity contribution in [2.24, 2.45) is 5.92 Å². The van der Waals surface area contributed by atoms with Gasteiger partial charge in [0.2, 0.25) is 0 Å². The predicted octanol–water partition coefficient (Wildman–Crippen LogP) is 2.21. The third kappa shape index (κ3) is 4.57. The first kappa shape index (κ1) is 18.3. The summed E-state index contributed by atoms with van der Waals surface area (Å²) in [5, 5.41) is 17.1. The number of hydrogen-bond acceptors (Lipinski definition) is 5. The van der Waals surface area contributed by atoms with E-state index < -0.39 is 0 Å². The van der Waals surface area contributed by atoms with Crippen LogP contribution in [0.25, 0.3) is 5.69 Å². The molecule has 0 bridgehead atoms. The van der Waals surface area contributed by atoms with E-state index in [4.69, 9.17) is 0 Å². The molecular weight excluding hydrogens is 330 g/mol. The van der Waals surface area contributed by atoms with Gasteiger partial charge in [0.25, 0.3) is 0 Å². The average molecular weight is 357 g/mol. The lowest BCUT2D eigenvalue weighted by molar-refractivity contribution is 0.146. The highest BCUT2D eigenvalue weighted by Gasteiger charge is 2.20. The van der Waals surface area contributed by atoms with Crippen LogP contribution in [0.15, 0.2) is 24.5 Å². The third-order valence-electron chi connectivity index (χ3n) is 5.06. The van der Waals surface area contributed by atoms with Crippen LogP contribution >= 0.6 is 0 Å². The fraction of sp³-hybridized carbons (Fsp3) is 0.556. The van der Waals surface area contributed by atoms with Crippen molar-refractivity contribution in [3.63, 3.8) is 0 Å². The molecule has 1 atom stereocenters. The van der Waals surface area contributed by atoms with Crippen LogP contribution in [-0.2, 0) is 0 Å². The molecule has 2 aromatic rings. The highest BCUT2D eigenvalue weighted by Crippen LogP contribution is 2.19. The van der Waals surface area contributed by atoms with Gasteiger partial charge >= 0.3 is 6.03 Å². The molecule has 2 amide bonds. The van der Waals surface area contributed by atoms with Gasteiger partial charge < -0.3 is 10.6 Å². The van der Waals surface area contributed by atoms with Crippen molar-refractivity contribution in [2.45, 2.75) is 39.7 Å². The Balaban J connectivity index is 1.53. The van der Waals surface area contributed by atoms with E-state index in [1.165, 1.54) is 19.2 Å². The molecule has 3 rings (SSSR count). The summed E-state index contributed by atoms with van der Waals surface area (Å²) in [7, 11) is 0. The van der Waals surface area contributed by atoms with Gasteiger partial charge in [0, 0.05) is 18.3 Å². The second kappa shape index (κ2) is 8.27. The van der Waals surface area contributed by atoms with Crippen LogP contribution in [-0.4, -0.2) is 56.8 Å². The summed E-state index contributed by atoms with van der Waals surface area (Å²) in [4.78, 5) is 14.7. The topological polar surface area (TPSA) is 88.0 Å². The lowest BCUT2D eigenvalue weighted by Crippen LogP contribution is -2.46. The lowest BCUT2D eigenvalue weighted by atomic mass is 9.98. The van der Waals surface area contributed by atoms with E-state index in [-0.39, 0.29) is 6.03 Å². The number of nitrogens with one attached hydrogen (secondary N) is 2. The van der Waals surface area contributed by atoms with Crippen LogP contribution < -0.4 is 10.6 Å². The highest BCUT2D eigenvalue weighted by molar-refractivity contribution is 5.89. The zero-order valence-corrected chi connectivity index (χ0v) is 15.6. The minimum Gasteiger partial charge on any atom is -0.336 e. The molecule has 8 nitrogen and oxygen atoms in total. The fourth-order valence-electron chi connectivity index (χ4n) is 3.22. The zero-order valence-electron chi connectivity index (χ0n) is 15.6. The van der Waals surface area contributed by atoms with E-state index in [2.05, 4.69) is 44.9 Å². The molecule has 1 unspecified atom stereocenters. The Morgan fingerprint density at radius 1 is 1.35 bits per heavy atom. The summed E-state index contributed by atoms with van der Waals surface area (Å²) in [5.41, 5.74) is 2.57. The van der Waals surface area contributed by atoms with E-state index in [9.17, 15) is 4.79 Å². The first-order valence-electron chi connectivity index (χ1n) is 9.16. The van der Waals surface area contributed by atoms with Gasteiger partial charge in [-0.05, 0) is 73.8 Å². The number of rotatable bonds is 5. The smallest absolute Gasteiger partial charge is 0.319 e. The van der Waals surface area contributed by atoms with Gasteiger partial charge in [-0.3, -0.25) is 4.90 Å². The Labute approximate surface area is 154 Å². The third-order valence-corrected chi connectivity index (χ3v) is 5.06. The van der Waals surface area contributed by atoms with Crippen LogP contribution in [0, 0.1) is 12.8 Å². The number of nitrogens with zero attached hydrogens (tertiary/aromatic N) is 5. The maximum absolute atomic E-state index is 12.2. The summed E-state index contributed by atoms with van der Waals surface area (Å²) in [6.07, 6.45) is 4.01. The van der Waals surface area contributed by atoms with E-state index in [1.807, 2.05) is 25.1 Å². The Hall–Kier alpha value is -2.48. The normalized spacial score (nSPS) is 17.0. The number of tetrazole rings is 1. The van der Waals surface area contributed by atoms with E-state index in [0.717, 1.165) is 30.3 Å². The SMILES string of the molecule is Cc1ccc(NC(=O)NCC(C)N2CCC(C)CC2)cc1-n1cnnn1. The Morgan fingerprint density at radius 3 is 2.81 bits per heavy atom. The van der Waals surface area contributed by atoms with Crippen LogP contribution in [0.4, 0.5) is 10.5 Å². The molecule has 1 aromatic carbocycles. The largest absolute Gasteiger partial charge is 0.336 e. The van der Waals surface area contributed by atoms with Crippen LogP contribution in [0.1, 0.15) is 32.3 Å². The van der Waals surface area contributed by atoms with Gasteiger partial charge in [0.05, 0.1) is 5.69 Å². The summed E-state index contributed by atoms with van der Waals surface area (Å²) in [5.74, 6) is 0.811. The molecule has 8 heteroatoms. The number of benzene rings is 1. The molecule has 2 N–H and O–H groups in total. The van der Waals surface area contributed by atoms with Gasteiger partial charge in [0.1, 0.15) is 6.33 Å². The van der Waals surface area contributed by atoms with Gasteiger partial charge in [0.15, 0.2) is 0 Å². The molecule has 2 heterocycles. The van der Waals surface area contributed by atoms with Crippen LogP contribution in [0.3, 0.4) is 0 Å². The van der Waals surface area contributed by atoms with Crippen molar-refractivity contribution >= 4 is 11.7 Å². The Morgan fingerprint density at radius 2 is 2.12 bits per heavy atom. The molecule has 140 valence electrons. The maximum atomic E-state index is 12.2. The summed E-state index contributed by atoms with van der Waals surface area (Å²) >= 11 is 0. The Kier molecular flexibility index (Phi) is 5.82. The second-order valence-electron chi connectivity index (χ2n) is 7.16. The number of carbonyl (C=O) groups is 1. The van der Waals surface area contributed by atoms with Crippen molar-refractivity contribution < 1.29 is 4.79 Å².